The summed E-state index contributed by atoms with van der Waals surface area (Å²) in [7, 11) is 0. The van der Waals surface area contributed by atoms with Gasteiger partial charge >= 0.3 is 6.18 Å². The zero-order chi connectivity index (χ0) is 19.8. The van der Waals surface area contributed by atoms with E-state index in [9.17, 15) is 22.8 Å². The van der Waals surface area contributed by atoms with Gasteiger partial charge in [-0.05, 0) is 30.4 Å². The summed E-state index contributed by atoms with van der Waals surface area (Å²) in [5.41, 5.74) is 0.316. The first-order chi connectivity index (χ1) is 12.6. The van der Waals surface area contributed by atoms with E-state index in [-0.39, 0.29) is 17.9 Å². The van der Waals surface area contributed by atoms with Crippen LogP contribution in [0.15, 0.2) is 24.3 Å². The van der Waals surface area contributed by atoms with Gasteiger partial charge in [0, 0.05) is 13.1 Å². The summed E-state index contributed by atoms with van der Waals surface area (Å²) in [6.07, 6.45) is -4.47. The molecule has 5 nitrogen and oxygen atoms in total. The maximum atomic E-state index is 13.7. The molecule has 0 unspecified atom stereocenters. The number of carbonyl (C=O) groups excluding carboxylic acids is 2. The van der Waals surface area contributed by atoms with Crippen molar-refractivity contribution in [1.29, 1.82) is 0 Å². The van der Waals surface area contributed by atoms with E-state index in [1.165, 1.54) is 12.1 Å². The van der Waals surface area contributed by atoms with Crippen LogP contribution >= 0.6 is 0 Å². The standard InChI is InChI=1S/C19H24F3N3O2/c1-12-7-13(2)10-24(9-12)11-18(27)25-15-6-4-3-5-14(15)23-17(26)8-16(25)19(20,21)22/h3-6,12-13,16H,7-11H2,1-2H3,(H,23,26)/t12-,13-,16+/m1/s1. The molecule has 2 heterocycles. The molecule has 1 N–H and O–H groups in total. The lowest BCUT2D eigenvalue weighted by Crippen LogP contribution is -2.53. The third-order valence-corrected chi connectivity index (χ3v) is 5.08. The zero-order valence-corrected chi connectivity index (χ0v) is 15.4. The Balaban J connectivity index is 1.93. The lowest BCUT2D eigenvalue weighted by molar-refractivity contribution is -0.158. The van der Waals surface area contributed by atoms with Gasteiger partial charge in [0.05, 0.1) is 24.3 Å². The molecule has 3 rings (SSSR count). The summed E-state index contributed by atoms with van der Waals surface area (Å²) in [5.74, 6) is -0.609. The van der Waals surface area contributed by atoms with Gasteiger partial charge in [0.2, 0.25) is 11.8 Å². The molecule has 0 aromatic heterocycles. The predicted molar refractivity (Wildman–Crippen MR) is 96.4 cm³/mol. The quantitative estimate of drug-likeness (QED) is 0.853. The number of halogens is 3. The topological polar surface area (TPSA) is 52.7 Å². The molecule has 0 bridgehead atoms. The molecule has 0 aliphatic carbocycles. The molecule has 3 atom stereocenters. The van der Waals surface area contributed by atoms with Crippen molar-refractivity contribution in [3.8, 4) is 0 Å². The Labute approximate surface area is 156 Å². The summed E-state index contributed by atoms with van der Waals surface area (Å²) in [6, 6.07) is 3.96. The molecular weight excluding hydrogens is 359 g/mol. The maximum absolute atomic E-state index is 13.7. The fraction of sp³-hybridized carbons (Fsp3) is 0.579. The number of hydrogen-bond donors (Lipinski definition) is 1. The van der Waals surface area contributed by atoms with Crippen LogP contribution in [0.1, 0.15) is 26.7 Å². The van der Waals surface area contributed by atoms with Crippen molar-refractivity contribution in [2.45, 2.75) is 38.9 Å². The van der Waals surface area contributed by atoms with E-state index in [4.69, 9.17) is 0 Å². The zero-order valence-electron chi connectivity index (χ0n) is 15.4. The molecule has 1 aromatic carbocycles. The first-order valence-corrected chi connectivity index (χ1v) is 9.15. The number of rotatable bonds is 2. The van der Waals surface area contributed by atoms with Crippen LogP contribution in [0, 0.1) is 11.8 Å². The predicted octanol–water partition coefficient (Wildman–Crippen LogP) is 3.27. The van der Waals surface area contributed by atoms with Gasteiger partial charge in [-0.15, -0.1) is 0 Å². The first-order valence-electron chi connectivity index (χ1n) is 9.15. The minimum atomic E-state index is -4.70. The van der Waals surface area contributed by atoms with Crippen LogP contribution < -0.4 is 10.2 Å². The van der Waals surface area contributed by atoms with Crippen LogP contribution in [0.5, 0.6) is 0 Å². The second-order valence-corrected chi connectivity index (χ2v) is 7.73. The Morgan fingerprint density at radius 3 is 2.44 bits per heavy atom. The fourth-order valence-corrected chi connectivity index (χ4v) is 4.18. The average Bonchev–Trinajstić information content (AvgIpc) is 2.69. The number of carbonyl (C=O) groups is 2. The summed E-state index contributed by atoms with van der Waals surface area (Å²) in [4.78, 5) is 27.7. The maximum Gasteiger partial charge on any atom is 0.409 e. The van der Waals surface area contributed by atoms with Gasteiger partial charge in [0.25, 0.3) is 0 Å². The Morgan fingerprint density at radius 2 is 1.81 bits per heavy atom. The number of alkyl halides is 3. The summed E-state index contributed by atoms with van der Waals surface area (Å²) >= 11 is 0. The van der Waals surface area contributed by atoms with Gasteiger partial charge in [-0.3, -0.25) is 19.4 Å². The highest BCUT2D eigenvalue weighted by atomic mass is 19.4. The average molecular weight is 383 g/mol. The molecule has 2 aliphatic rings. The van der Waals surface area contributed by atoms with Gasteiger partial charge in [-0.2, -0.15) is 13.2 Å². The van der Waals surface area contributed by atoms with E-state index >= 15 is 0 Å². The molecule has 2 aliphatic heterocycles. The molecule has 0 saturated carbocycles. The van der Waals surface area contributed by atoms with Gasteiger partial charge in [-0.25, -0.2) is 0 Å². The van der Waals surface area contributed by atoms with Crippen molar-refractivity contribution in [1.82, 2.24) is 4.90 Å². The molecule has 0 spiro atoms. The fourth-order valence-electron chi connectivity index (χ4n) is 4.18. The van der Waals surface area contributed by atoms with E-state index < -0.39 is 30.5 Å². The van der Waals surface area contributed by atoms with Crippen LogP contribution in [0.25, 0.3) is 0 Å². The highest BCUT2D eigenvalue weighted by molar-refractivity contribution is 6.05. The first kappa shape index (κ1) is 19.7. The summed E-state index contributed by atoms with van der Waals surface area (Å²) in [6.45, 7) is 5.42. The molecule has 2 amide bonds. The van der Waals surface area contributed by atoms with E-state index in [0.29, 0.717) is 24.9 Å². The van der Waals surface area contributed by atoms with Crippen molar-refractivity contribution in [3.05, 3.63) is 24.3 Å². The van der Waals surface area contributed by atoms with E-state index in [2.05, 4.69) is 19.2 Å². The third kappa shape index (κ3) is 4.43. The SMILES string of the molecule is C[C@@H]1C[C@@H](C)CN(CC(=O)N2c3ccccc3NC(=O)C[C@H]2C(F)(F)F)C1. The van der Waals surface area contributed by atoms with Crippen molar-refractivity contribution >= 4 is 23.2 Å². The molecule has 27 heavy (non-hydrogen) atoms. The number of amides is 2. The Kier molecular flexibility index (Phi) is 5.46. The minimum Gasteiger partial charge on any atom is -0.324 e. The molecule has 1 saturated heterocycles. The lowest BCUT2D eigenvalue weighted by Gasteiger charge is -2.37. The van der Waals surface area contributed by atoms with Gasteiger partial charge in [0.1, 0.15) is 6.04 Å². The second-order valence-electron chi connectivity index (χ2n) is 7.73. The van der Waals surface area contributed by atoms with Crippen LogP contribution in [-0.4, -0.2) is 48.6 Å². The van der Waals surface area contributed by atoms with Gasteiger partial charge < -0.3 is 5.32 Å². The van der Waals surface area contributed by atoms with Gasteiger partial charge in [-0.1, -0.05) is 26.0 Å². The molecule has 0 radical (unpaired) electrons. The van der Waals surface area contributed by atoms with Crippen molar-refractivity contribution in [3.63, 3.8) is 0 Å². The molecular formula is C19H24F3N3O2. The number of hydrogen-bond acceptors (Lipinski definition) is 3. The largest absolute Gasteiger partial charge is 0.409 e. The number of para-hydroxylation sites is 2. The van der Waals surface area contributed by atoms with E-state index in [1.54, 1.807) is 12.1 Å². The number of nitrogens with zero attached hydrogens (tertiary/aromatic N) is 2. The highest BCUT2D eigenvalue weighted by Crippen LogP contribution is 2.37. The van der Waals surface area contributed by atoms with E-state index in [1.807, 2.05) is 4.90 Å². The number of anilines is 2. The number of benzene rings is 1. The molecule has 8 heteroatoms. The minimum absolute atomic E-state index is 0.0915. The molecule has 1 aromatic rings. The Morgan fingerprint density at radius 1 is 1.19 bits per heavy atom. The number of fused-ring (bicyclic) bond motifs is 1. The van der Waals surface area contributed by atoms with Crippen molar-refractivity contribution in [2.24, 2.45) is 11.8 Å². The third-order valence-electron chi connectivity index (χ3n) is 5.08. The van der Waals surface area contributed by atoms with Crippen LogP contribution in [-0.2, 0) is 9.59 Å². The van der Waals surface area contributed by atoms with Crippen LogP contribution in [0.2, 0.25) is 0 Å². The lowest BCUT2D eigenvalue weighted by atomic mass is 9.92. The summed E-state index contributed by atoms with van der Waals surface area (Å²) in [5, 5.41) is 2.48. The second kappa shape index (κ2) is 7.50. The Bertz CT molecular complexity index is 712. The van der Waals surface area contributed by atoms with Crippen molar-refractivity contribution < 1.29 is 22.8 Å². The van der Waals surface area contributed by atoms with Crippen molar-refractivity contribution in [2.75, 3.05) is 29.9 Å². The normalized spacial score (nSPS) is 26.9. The van der Waals surface area contributed by atoms with Crippen LogP contribution in [0.4, 0.5) is 24.5 Å². The molecule has 148 valence electrons. The number of likely N-dealkylation sites (tertiary alicyclic amines) is 1. The van der Waals surface area contributed by atoms with Crippen LogP contribution in [0.3, 0.4) is 0 Å². The summed E-state index contributed by atoms with van der Waals surface area (Å²) < 4.78 is 41.1. The smallest absolute Gasteiger partial charge is 0.324 e. The highest BCUT2D eigenvalue weighted by Gasteiger charge is 2.49. The number of piperidine rings is 1. The number of nitrogens with one attached hydrogen (secondary N) is 1. The Hall–Kier alpha value is -2.09. The molecule has 1 fully saturated rings. The van der Waals surface area contributed by atoms with E-state index in [0.717, 1.165) is 11.3 Å². The van der Waals surface area contributed by atoms with Gasteiger partial charge in [0.15, 0.2) is 0 Å². The monoisotopic (exact) mass is 383 g/mol.